The molecule has 0 N–H and O–H groups in total. The first-order valence-corrected chi connectivity index (χ1v) is 4.87. The third kappa shape index (κ3) is 3.08. The van der Waals surface area contributed by atoms with Crippen LogP contribution in [0.2, 0.25) is 0 Å². The van der Waals surface area contributed by atoms with Crippen LogP contribution in [0.1, 0.15) is 34.1 Å². The lowest BCUT2D eigenvalue weighted by Gasteiger charge is -2.16. The summed E-state index contributed by atoms with van der Waals surface area (Å²) in [5.74, 6) is -0.113. The summed E-state index contributed by atoms with van der Waals surface area (Å²) in [5, 5.41) is 0. The van der Waals surface area contributed by atoms with Gasteiger partial charge in [-0.25, -0.2) is 0 Å². The van der Waals surface area contributed by atoms with Crippen molar-refractivity contribution in [1.29, 1.82) is 0 Å². The van der Waals surface area contributed by atoms with Gasteiger partial charge in [0.2, 0.25) is 0 Å². The Hall–Kier alpha value is -1.32. The standard InChI is InChI=1S/C11H16O4/c1-7-5-9(12)15-8(7)6-14-10(13)11(2,3)4/h5-6H2,1-4H3. The second-order valence-corrected chi connectivity index (χ2v) is 4.68. The normalized spacial score (nSPS) is 16.7. The van der Waals surface area contributed by atoms with Crippen LogP contribution in [0.3, 0.4) is 0 Å². The summed E-state index contributed by atoms with van der Waals surface area (Å²) >= 11 is 0. The average Bonchev–Trinajstić information content (AvgIpc) is 2.39. The molecule has 0 aliphatic carbocycles. The van der Waals surface area contributed by atoms with E-state index in [1.165, 1.54) is 0 Å². The number of carbonyl (C=O) groups is 2. The molecule has 0 aromatic carbocycles. The lowest BCUT2D eigenvalue weighted by atomic mass is 9.97. The number of cyclic esters (lactones) is 1. The lowest BCUT2D eigenvalue weighted by Crippen LogP contribution is -2.24. The highest BCUT2D eigenvalue weighted by molar-refractivity contribution is 5.78. The maximum absolute atomic E-state index is 11.4. The van der Waals surface area contributed by atoms with Gasteiger partial charge < -0.3 is 9.47 Å². The molecule has 1 rings (SSSR count). The van der Waals surface area contributed by atoms with Gasteiger partial charge in [0.05, 0.1) is 11.8 Å². The van der Waals surface area contributed by atoms with Crippen molar-refractivity contribution in [2.75, 3.05) is 6.61 Å². The molecule has 1 heterocycles. The van der Waals surface area contributed by atoms with Crippen molar-refractivity contribution in [3.63, 3.8) is 0 Å². The fraction of sp³-hybridized carbons (Fsp3) is 0.636. The van der Waals surface area contributed by atoms with Crippen LogP contribution in [-0.2, 0) is 19.1 Å². The van der Waals surface area contributed by atoms with E-state index in [1.54, 1.807) is 27.7 Å². The van der Waals surface area contributed by atoms with E-state index >= 15 is 0 Å². The molecule has 0 aromatic heterocycles. The van der Waals surface area contributed by atoms with Gasteiger partial charge >= 0.3 is 11.9 Å². The van der Waals surface area contributed by atoms with Crippen LogP contribution < -0.4 is 0 Å². The number of rotatable bonds is 2. The highest BCUT2D eigenvalue weighted by Crippen LogP contribution is 2.21. The first-order valence-electron chi connectivity index (χ1n) is 4.87. The fourth-order valence-corrected chi connectivity index (χ4v) is 1.08. The van der Waals surface area contributed by atoms with Gasteiger partial charge in [-0.2, -0.15) is 0 Å². The van der Waals surface area contributed by atoms with Gasteiger partial charge in [-0.1, -0.05) is 0 Å². The highest BCUT2D eigenvalue weighted by atomic mass is 16.6. The van der Waals surface area contributed by atoms with E-state index in [2.05, 4.69) is 0 Å². The minimum absolute atomic E-state index is 0.0493. The number of carbonyl (C=O) groups excluding carboxylic acids is 2. The van der Waals surface area contributed by atoms with Crippen molar-refractivity contribution in [2.24, 2.45) is 5.41 Å². The molecule has 0 aromatic rings. The number of esters is 2. The van der Waals surface area contributed by atoms with Gasteiger partial charge in [-0.05, 0) is 33.3 Å². The summed E-state index contributed by atoms with van der Waals surface area (Å²) in [6.45, 7) is 7.17. The predicted octanol–water partition coefficient (Wildman–Crippen LogP) is 1.80. The molecule has 0 unspecified atom stereocenters. The van der Waals surface area contributed by atoms with Crippen LogP contribution in [0.15, 0.2) is 11.3 Å². The Kier molecular flexibility index (Phi) is 3.17. The van der Waals surface area contributed by atoms with Crippen molar-refractivity contribution in [1.82, 2.24) is 0 Å². The smallest absolute Gasteiger partial charge is 0.315 e. The van der Waals surface area contributed by atoms with Crippen LogP contribution in [0, 0.1) is 5.41 Å². The summed E-state index contributed by atoms with van der Waals surface area (Å²) in [5.41, 5.74) is 0.304. The zero-order valence-electron chi connectivity index (χ0n) is 9.55. The van der Waals surface area contributed by atoms with Crippen molar-refractivity contribution < 1.29 is 19.1 Å². The molecule has 4 heteroatoms. The van der Waals surface area contributed by atoms with Crippen molar-refractivity contribution >= 4 is 11.9 Å². The van der Waals surface area contributed by atoms with Gasteiger partial charge in [0.15, 0.2) is 0 Å². The lowest BCUT2D eigenvalue weighted by molar-refractivity contribution is -0.154. The zero-order chi connectivity index (χ0) is 11.6. The third-order valence-electron chi connectivity index (χ3n) is 2.07. The molecular formula is C11H16O4. The molecule has 15 heavy (non-hydrogen) atoms. The van der Waals surface area contributed by atoms with E-state index in [9.17, 15) is 9.59 Å². The van der Waals surface area contributed by atoms with Crippen LogP contribution in [0.25, 0.3) is 0 Å². The Morgan fingerprint density at radius 2 is 2.07 bits per heavy atom. The summed E-state index contributed by atoms with van der Waals surface area (Å²) < 4.78 is 9.94. The minimum atomic E-state index is -0.531. The van der Waals surface area contributed by atoms with E-state index in [4.69, 9.17) is 9.47 Å². The maximum Gasteiger partial charge on any atom is 0.315 e. The van der Waals surface area contributed by atoms with Gasteiger partial charge in [0, 0.05) is 0 Å². The molecule has 0 amide bonds. The minimum Gasteiger partial charge on any atom is -0.457 e. The van der Waals surface area contributed by atoms with E-state index in [0.717, 1.165) is 5.57 Å². The second kappa shape index (κ2) is 4.04. The Balaban J connectivity index is 2.49. The van der Waals surface area contributed by atoms with Crippen molar-refractivity contribution in [3.8, 4) is 0 Å². The van der Waals surface area contributed by atoms with Gasteiger partial charge in [0.1, 0.15) is 12.4 Å². The van der Waals surface area contributed by atoms with E-state index in [0.29, 0.717) is 12.2 Å². The Bertz CT molecular complexity index is 320. The molecule has 0 saturated heterocycles. The van der Waals surface area contributed by atoms with E-state index in [1.807, 2.05) is 0 Å². The number of hydrogen-bond acceptors (Lipinski definition) is 4. The Morgan fingerprint density at radius 3 is 2.47 bits per heavy atom. The number of hydrogen-bond donors (Lipinski definition) is 0. The number of ether oxygens (including phenoxy) is 2. The van der Waals surface area contributed by atoms with Gasteiger partial charge in [0.25, 0.3) is 0 Å². The molecule has 1 aliphatic heterocycles. The Labute approximate surface area is 89.2 Å². The monoisotopic (exact) mass is 212 g/mol. The van der Waals surface area contributed by atoms with E-state index < -0.39 is 5.41 Å². The zero-order valence-corrected chi connectivity index (χ0v) is 9.55. The molecule has 0 fully saturated rings. The quantitative estimate of drug-likeness (QED) is 0.655. The van der Waals surface area contributed by atoms with Gasteiger partial charge in [-0.15, -0.1) is 0 Å². The van der Waals surface area contributed by atoms with Crippen molar-refractivity contribution in [3.05, 3.63) is 11.3 Å². The molecule has 0 atom stereocenters. The molecule has 4 nitrogen and oxygen atoms in total. The topological polar surface area (TPSA) is 52.6 Å². The summed E-state index contributed by atoms with van der Waals surface area (Å²) in [6, 6.07) is 0. The average molecular weight is 212 g/mol. The van der Waals surface area contributed by atoms with E-state index in [-0.39, 0.29) is 18.5 Å². The SMILES string of the molecule is CC1=C(COC(=O)C(C)(C)C)OC(=O)C1. The second-order valence-electron chi connectivity index (χ2n) is 4.68. The molecule has 84 valence electrons. The summed E-state index contributed by atoms with van der Waals surface area (Å²) in [7, 11) is 0. The molecule has 0 bridgehead atoms. The third-order valence-corrected chi connectivity index (χ3v) is 2.07. The van der Waals surface area contributed by atoms with Gasteiger partial charge in [-0.3, -0.25) is 9.59 Å². The first-order chi connectivity index (χ1) is 6.80. The summed E-state index contributed by atoms with van der Waals surface area (Å²) in [6.07, 6.45) is 0.294. The highest BCUT2D eigenvalue weighted by Gasteiger charge is 2.26. The molecule has 0 saturated carbocycles. The molecule has 1 aliphatic rings. The Morgan fingerprint density at radius 1 is 1.47 bits per heavy atom. The van der Waals surface area contributed by atoms with Crippen LogP contribution in [0.4, 0.5) is 0 Å². The summed E-state index contributed by atoms with van der Waals surface area (Å²) in [4.78, 5) is 22.3. The maximum atomic E-state index is 11.4. The fourth-order valence-electron chi connectivity index (χ4n) is 1.08. The predicted molar refractivity (Wildman–Crippen MR) is 53.8 cm³/mol. The first kappa shape index (κ1) is 11.8. The van der Waals surface area contributed by atoms with Crippen LogP contribution >= 0.6 is 0 Å². The molecular weight excluding hydrogens is 196 g/mol. The van der Waals surface area contributed by atoms with Crippen LogP contribution in [-0.4, -0.2) is 18.5 Å². The molecule has 0 spiro atoms. The van der Waals surface area contributed by atoms with Crippen molar-refractivity contribution in [2.45, 2.75) is 34.1 Å². The molecule has 0 radical (unpaired) electrons. The largest absolute Gasteiger partial charge is 0.457 e. The van der Waals surface area contributed by atoms with Crippen LogP contribution in [0.5, 0.6) is 0 Å².